The van der Waals surface area contributed by atoms with Crippen LogP contribution in [0.5, 0.6) is 0 Å². The van der Waals surface area contributed by atoms with Crippen LogP contribution in [-0.4, -0.2) is 20.3 Å². The van der Waals surface area contributed by atoms with Crippen molar-refractivity contribution in [2.45, 2.75) is 51.9 Å². The summed E-state index contributed by atoms with van der Waals surface area (Å²) >= 11 is 6.69. The van der Waals surface area contributed by atoms with Crippen molar-refractivity contribution in [2.75, 3.05) is 0 Å². The molecule has 0 saturated carbocycles. The molecular weight excluding hydrogens is 378 g/mol. The molecule has 0 radical (unpaired) electrons. The van der Waals surface area contributed by atoms with Crippen molar-refractivity contribution in [3.8, 4) is 0 Å². The minimum atomic E-state index is -1.84. The van der Waals surface area contributed by atoms with E-state index in [0.29, 0.717) is 0 Å². The van der Waals surface area contributed by atoms with Crippen LogP contribution in [0.3, 0.4) is 0 Å². The lowest BCUT2D eigenvalue weighted by molar-refractivity contribution is -0.131. The van der Waals surface area contributed by atoms with E-state index in [0.717, 1.165) is 9.09 Å². The Morgan fingerprint density at radius 1 is 1.39 bits per heavy atom. The highest BCUT2D eigenvalue weighted by Gasteiger charge is 2.45. The number of amides is 1. The molecule has 2 atom stereocenters. The van der Waals surface area contributed by atoms with Crippen LogP contribution in [0.1, 0.15) is 27.7 Å². The van der Waals surface area contributed by atoms with Crippen molar-refractivity contribution in [3.05, 3.63) is 9.09 Å². The molecule has 1 aliphatic heterocycles. The molecule has 104 valence electrons. The summed E-state index contributed by atoms with van der Waals surface area (Å²) in [7, 11) is -1.84. The lowest BCUT2D eigenvalue weighted by atomic mass is 9.92. The third-order valence-electron chi connectivity index (χ3n) is 3.81. The molecule has 1 fully saturated rings. The minimum absolute atomic E-state index is 0.0348. The van der Waals surface area contributed by atoms with Gasteiger partial charge in [0, 0.05) is 0 Å². The second-order valence-electron chi connectivity index (χ2n) is 6.22. The van der Waals surface area contributed by atoms with Gasteiger partial charge in [0.2, 0.25) is 5.91 Å². The second kappa shape index (κ2) is 5.38. The number of hydrogen-bond acceptors (Lipinski definition) is 2. The highest BCUT2D eigenvalue weighted by atomic mass is 79.9. The van der Waals surface area contributed by atoms with Gasteiger partial charge in [-0.05, 0) is 56.9 Å². The number of carbonyl (C=O) groups is 1. The number of rotatable bonds is 3. The molecular formula is C12H21Br2NO2Si. The van der Waals surface area contributed by atoms with E-state index in [2.05, 4.69) is 71.0 Å². The Labute approximate surface area is 127 Å². The van der Waals surface area contributed by atoms with E-state index in [1.165, 1.54) is 0 Å². The van der Waals surface area contributed by atoms with Gasteiger partial charge in [0.05, 0.1) is 15.2 Å². The largest absolute Gasteiger partial charge is 0.413 e. The summed E-state index contributed by atoms with van der Waals surface area (Å²) in [6.45, 7) is 13.0. The first-order valence-corrected chi connectivity index (χ1v) is 10.5. The smallest absolute Gasteiger partial charge is 0.235 e. The molecule has 0 aliphatic carbocycles. The summed E-state index contributed by atoms with van der Waals surface area (Å²) in [5.41, 5.74) is 0.881. The first-order chi connectivity index (χ1) is 7.97. The fourth-order valence-electron chi connectivity index (χ4n) is 1.66. The van der Waals surface area contributed by atoms with Gasteiger partial charge < -0.3 is 9.74 Å². The van der Waals surface area contributed by atoms with Gasteiger partial charge in [-0.15, -0.1) is 0 Å². The SMILES string of the molecule is C[C@@H](O[Si](C)(C)C(C)(C)C)[C@H]1C(=O)NC1=C(Br)Br. The average Bonchev–Trinajstić information content (AvgIpc) is 2.10. The molecule has 0 aromatic heterocycles. The molecule has 1 rings (SSSR count). The van der Waals surface area contributed by atoms with Crippen LogP contribution in [0.4, 0.5) is 0 Å². The third kappa shape index (κ3) is 3.26. The Kier molecular flexibility index (Phi) is 4.90. The van der Waals surface area contributed by atoms with E-state index in [1.807, 2.05) is 6.92 Å². The second-order valence-corrected chi connectivity index (χ2v) is 13.6. The van der Waals surface area contributed by atoms with E-state index >= 15 is 0 Å². The maximum Gasteiger partial charge on any atom is 0.235 e. The zero-order valence-electron chi connectivity index (χ0n) is 11.7. The Hall–Kier alpha value is 0.347. The molecule has 1 amide bonds. The van der Waals surface area contributed by atoms with E-state index in [-0.39, 0.29) is 23.0 Å². The molecule has 1 heterocycles. The van der Waals surface area contributed by atoms with E-state index in [1.54, 1.807) is 0 Å². The maximum atomic E-state index is 11.7. The molecule has 0 bridgehead atoms. The van der Waals surface area contributed by atoms with Gasteiger partial charge in [-0.3, -0.25) is 4.79 Å². The Balaban J connectivity index is 2.81. The summed E-state index contributed by atoms with van der Waals surface area (Å²) in [6, 6.07) is 0. The summed E-state index contributed by atoms with van der Waals surface area (Å²) in [6.07, 6.45) is -0.0975. The first kappa shape index (κ1) is 16.4. The predicted octanol–water partition coefficient (Wildman–Crippen LogP) is 4.10. The van der Waals surface area contributed by atoms with Crippen molar-refractivity contribution in [1.29, 1.82) is 0 Å². The van der Waals surface area contributed by atoms with Crippen molar-refractivity contribution in [1.82, 2.24) is 5.32 Å². The molecule has 0 aromatic carbocycles. The number of halogens is 2. The lowest BCUT2D eigenvalue weighted by Crippen LogP contribution is -2.55. The Morgan fingerprint density at radius 3 is 2.22 bits per heavy atom. The molecule has 0 unspecified atom stereocenters. The number of carbonyl (C=O) groups excluding carboxylic acids is 1. The fourth-order valence-corrected chi connectivity index (χ4v) is 3.77. The standard InChI is InChI=1S/C12H21Br2NO2Si/c1-7(17-18(5,6)12(2,3)4)8-9(10(13)14)15-11(8)16/h7-8H,1-6H3,(H,15,16)/t7-,8-/m1/s1. The van der Waals surface area contributed by atoms with Gasteiger partial charge in [-0.25, -0.2) is 0 Å². The normalized spacial score (nSPS) is 22.3. The molecule has 0 spiro atoms. The molecule has 1 aliphatic rings. The van der Waals surface area contributed by atoms with Crippen molar-refractivity contribution >= 4 is 46.1 Å². The minimum Gasteiger partial charge on any atom is -0.413 e. The molecule has 6 heteroatoms. The van der Waals surface area contributed by atoms with Crippen LogP contribution >= 0.6 is 31.9 Å². The van der Waals surface area contributed by atoms with Gasteiger partial charge >= 0.3 is 0 Å². The van der Waals surface area contributed by atoms with Gasteiger partial charge in [0.1, 0.15) is 5.92 Å². The van der Waals surface area contributed by atoms with Crippen LogP contribution in [0.15, 0.2) is 9.09 Å². The summed E-state index contributed by atoms with van der Waals surface area (Å²) in [4.78, 5) is 11.7. The number of hydrogen-bond donors (Lipinski definition) is 1. The van der Waals surface area contributed by atoms with Crippen LogP contribution in [0, 0.1) is 5.92 Å². The first-order valence-electron chi connectivity index (χ1n) is 6.01. The molecule has 18 heavy (non-hydrogen) atoms. The van der Waals surface area contributed by atoms with Crippen LogP contribution in [-0.2, 0) is 9.22 Å². The van der Waals surface area contributed by atoms with E-state index < -0.39 is 8.32 Å². The van der Waals surface area contributed by atoms with Gasteiger partial charge in [-0.2, -0.15) is 0 Å². The van der Waals surface area contributed by atoms with Crippen LogP contribution < -0.4 is 5.32 Å². The maximum absolute atomic E-state index is 11.7. The van der Waals surface area contributed by atoms with Crippen LogP contribution in [0.2, 0.25) is 18.1 Å². The predicted molar refractivity (Wildman–Crippen MR) is 84.3 cm³/mol. The lowest BCUT2D eigenvalue weighted by Gasteiger charge is -2.42. The summed E-state index contributed by atoms with van der Waals surface area (Å²) < 4.78 is 7.06. The molecule has 3 nitrogen and oxygen atoms in total. The Bertz CT molecular complexity index is 384. The van der Waals surface area contributed by atoms with E-state index in [4.69, 9.17) is 4.43 Å². The van der Waals surface area contributed by atoms with Gasteiger partial charge in [0.15, 0.2) is 8.32 Å². The average molecular weight is 399 g/mol. The fraction of sp³-hybridized carbons (Fsp3) is 0.750. The number of β-lactam (4-membered cyclic amide) rings is 1. The molecule has 0 aromatic rings. The summed E-state index contributed by atoms with van der Waals surface area (Å²) in [5, 5.41) is 2.93. The van der Waals surface area contributed by atoms with E-state index in [9.17, 15) is 4.79 Å². The van der Waals surface area contributed by atoms with Crippen molar-refractivity contribution in [3.63, 3.8) is 0 Å². The number of nitrogens with one attached hydrogen (secondary N) is 1. The van der Waals surface area contributed by atoms with Crippen molar-refractivity contribution in [2.24, 2.45) is 5.92 Å². The van der Waals surface area contributed by atoms with Gasteiger partial charge in [0.25, 0.3) is 0 Å². The van der Waals surface area contributed by atoms with Crippen LogP contribution in [0.25, 0.3) is 0 Å². The Morgan fingerprint density at radius 2 is 1.89 bits per heavy atom. The van der Waals surface area contributed by atoms with Crippen molar-refractivity contribution < 1.29 is 9.22 Å². The third-order valence-corrected chi connectivity index (χ3v) is 9.24. The highest BCUT2D eigenvalue weighted by molar-refractivity contribution is 9.28. The highest BCUT2D eigenvalue weighted by Crippen LogP contribution is 2.40. The monoisotopic (exact) mass is 397 g/mol. The quantitative estimate of drug-likeness (QED) is 0.573. The molecule has 1 N–H and O–H groups in total. The molecule has 1 saturated heterocycles. The summed E-state index contributed by atoms with van der Waals surface area (Å²) in [5.74, 6) is -0.152. The topological polar surface area (TPSA) is 38.3 Å². The van der Waals surface area contributed by atoms with Gasteiger partial charge in [-0.1, -0.05) is 20.8 Å². The zero-order chi connectivity index (χ0) is 14.3. The zero-order valence-corrected chi connectivity index (χ0v) is 15.9.